The lowest BCUT2D eigenvalue weighted by Crippen LogP contribution is -2.47. The van der Waals surface area contributed by atoms with Crippen molar-refractivity contribution in [2.45, 2.75) is 23.7 Å². The summed E-state index contributed by atoms with van der Waals surface area (Å²) in [4.78, 5) is 18.8. The first-order chi connectivity index (χ1) is 12.2. The summed E-state index contributed by atoms with van der Waals surface area (Å²) in [7, 11) is 0. The average Bonchev–Trinajstić information content (AvgIpc) is 2.63. The molecule has 25 heavy (non-hydrogen) atoms. The molecule has 132 valence electrons. The first-order valence-corrected chi connectivity index (χ1v) is 9.44. The molecule has 1 fully saturated rings. The number of anilines is 1. The van der Waals surface area contributed by atoms with Gasteiger partial charge in [0.1, 0.15) is 0 Å². The Labute approximate surface area is 152 Å². The molecule has 1 N–H and O–H groups in total. The van der Waals surface area contributed by atoms with Crippen LogP contribution in [0.25, 0.3) is 0 Å². The molecule has 0 radical (unpaired) electrons. The number of pyridine rings is 1. The van der Waals surface area contributed by atoms with E-state index in [9.17, 15) is 4.79 Å². The summed E-state index contributed by atoms with van der Waals surface area (Å²) in [5.41, 5.74) is 2.00. The van der Waals surface area contributed by atoms with Crippen LogP contribution in [0.15, 0.2) is 53.7 Å². The van der Waals surface area contributed by atoms with Gasteiger partial charge in [0.05, 0.1) is 24.8 Å². The number of nitrogens with one attached hydrogen (secondary N) is 1. The molecule has 1 aliphatic rings. The molecule has 0 aliphatic carbocycles. The number of carbonyl (C=O) groups is 1. The van der Waals surface area contributed by atoms with Gasteiger partial charge in [-0.2, -0.15) is 0 Å². The van der Waals surface area contributed by atoms with E-state index in [1.165, 1.54) is 0 Å². The molecular weight excluding hydrogens is 334 g/mol. The fourth-order valence-electron chi connectivity index (χ4n) is 2.71. The van der Waals surface area contributed by atoms with E-state index in [0.29, 0.717) is 19.8 Å². The fourth-order valence-corrected chi connectivity index (χ4v) is 3.51. The highest BCUT2D eigenvalue weighted by Crippen LogP contribution is 2.22. The second-order valence-electron chi connectivity index (χ2n) is 6.10. The maximum Gasteiger partial charge on any atom is 0.238 e. The van der Waals surface area contributed by atoms with Gasteiger partial charge in [0.2, 0.25) is 5.91 Å². The molecule has 3 rings (SSSR count). The van der Waals surface area contributed by atoms with Crippen LogP contribution in [-0.4, -0.2) is 48.1 Å². The van der Waals surface area contributed by atoms with Gasteiger partial charge in [0.15, 0.2) is 0 Å². The van der Waals surface area contributed by atoms with Gasteiger partial charge < -0.3 is 10.1 Å². The standard InChI is InChI=1S/C19H23N3O2S/c1-15-13-24-10-9-22(15)12-18(23)21-17-6-4-5-16(11-17)14-25-19-7-2-3-8-20-19/h2-8,11,15H,9-10,12-14H2,1H3,(H,21,23)/t15-/m0/s1. The zero-order valence-electron chi connectivity index (χ0n) is 14.4. The fraction of sp³-hybridized carbons (Fsp3) is 0.368. The van der Waals surface area contributed by atoms with E-state index in [4.69, 9.17) is 4.74 Å². The summed E-state index contributed by atoms with van der Waals surface area (Å²) in [6.07, 6.45) is 1.80. The third-order valence-electron chi connectivity index (χ3n) is 4.09. The first kappa shape index (κ1) is 17.9. The van der Waals surface area contributed by atoms with Crippen molar-refractivity contribution < 1.29 is 9.53 Å². The Morgan fingerprint density at radius 2 is 2.28 bits per heavy atom. The van der Waals surface area contributed by atoms with Crippen LogP contribution in [0, 0.1) is 0 Å². The van der Waals surface area contributed by atoms with Crippen molar-refractivity contribution in [3.63, 3.8) is 0 Å². The Bertz CT molecular complexity index is 696. The molecule has 2 aromatic rings. The first-order valence-electron chi connectivity index (χ1n) is 8.45. The van der Waals surface area contributed by atoms with Crippen molar-refractivity contribution in [2.75, 3.05) is 31.6 Å². The Morgan fingerprint density at radius 3 is 3.08 bits per heavy atom. The van der Waals surface area contributed by atoms with Crippen molar-refractivity contribution in [3.8, 4) is 0 Å². The number of ether oxygens (including phenoxy) is 1. The molecule has 1 aromatic carbocycles. The van der Waals surface area contributed by atoms with Crippen molar-refractivity contribution in [1.82, 2.24) is 9.88 Å². The van der Waals surface area contributed by atoms with Crippen LogP contribution < -0.4 is 5.32 Å². The van der Waals surface area contributed by atoms with E-state index in [-0.39, 0.29) is 11.9 Å². The third-order valence-corrected chi connectivity index (χ3v) is 5.10. The number of hydrogen-bond donors (Lipinski definition) is 1. The van der Waals surface area contributed by atoms with Gasteiger partial charge in [0.25, 0.3) is 0 Å². The predicted molar refractivity (Wildman–Crippen MR) is 101 cm³/mol. The lowest BCUT2D eigenvalue weighted by atomic mass is 10.2. The normalized spacial score (nSPS) is 18.0. The lowest BCUT2D eigenvalue weighted by molar-refractivity contribution is -0.119. The largest absolute Gasteiger partial charge is 0.379 e. The van der Waals surface area contributed by atoms with Gasteiger partial charge in [-0.25, -0.2) is 4.98 Å². The minimum absolute atomic E-state index is 0.0169. The van der Waals surface area contributed by atoms with Gasteiger partial charge in [0, 0.05) is 30.2 Å². The van der Waals surface area contributed by atoms with Crippen molar-refractivity contribution >= 4 is 23.4 Å². The smallest absolute Gasteiger partial charge is 0.238 e. The minimum Gasteiger partial charge on any atom is -0.379 e. The number of hydrogen-bond acceptors (Lipinski definition) is 5. The minimum atomic E-state index is 0.0169. The number of thioether (sulfide) groups is 1. The van der Waals surface area contributed by atoms with Crippen LogP contribution in [0.5, 0.6) is 0 Å². The van der Waals surface area contributed by atoms with Crippen molar-refractivity contribution in [1.29, 1.82) is 0 Å². The number of benzene rings is 1. The molecule has 0 spiro atoms. The molecule has 2 heterocycles. The summed E-state index contributed by atoms with van der Waals surface area (Å²) in [5, 5.41) is 4.00. The molecule has 5 nitrogen and oxygen atoms in total. The quantitative estimate of drug-likeness (QED) is 0.806. The number of morpholine rings is 1. The Balaban J connectivity index is 1.53. The van der Waals surface area contributed by atoms with E-state index in [2.05, 4.69) is 28.2 Å². The van der Waals surface area contributed by atoms with E-state index in [0.717, 1.165) is 28.6 Å². The Hall–Kier alpha value is -1.89. The zero-order valence-corrected chi connectivity index (χ0v) is 15.2. The molecule has 1 atom stereocenters. The number of amides is 1. The van der Waals surface area contributed by atoms with Crippen LogP contribution in [0.3, 0.4) is 0 Å². The topological polar surface area (TPSA) is 54.5 Å². The molecule has 6 heteroatoms. The van der Waals surface area contributed by atoms with Gasteiger partial charge >= 0.3 is 0 Å². The molecule has 1 aromatic heterocycles. The van der Waals surface area contributed by atoms with Gasteiger partial charge in [-0.15, -0.1) is 11.8 Å². The van der Waals surface area contributed by atoms with Crippen LogP contribution in [0.2, 0.25) is 0 Å². The maximum absolute atomic E-state index is 12.3. The van der Waals surface area contributed by atoms with Gasteiger partial charge in [-0.1, -0.05) is 18.2 Å². The highest BCUT2D eigenvalue weighted by molar-refractivity contribution is 7.98. The third kappa shape index (κ3) is 5.56. The summed E-state index contributed by atoms with van der Waals surface area (Å²) in [6, 6.07) is 14.2. The van der Waals surface area contributed by atoms with Crippen LogP contribution >= 0.6 is 11.8 Å². The molecule has 1 aliphatic heterocycles. The van der Waals surface area contributed by atoms with Gasteiger partial charge in [-0.3, -0.25) is 9.69 Å². The number of nitrogens with zero attached hydrogens (tertiary/aromatic N) is 2. The van der Waals surface area contributed by atoms with Crippen molar-refractivity contribution in [2.24, 2.45) is 0 Å². The average molecular weight is 357 g/mol. The van der Waals surface area contributed by atoms with Crippen molar-refractivity contribution in [3.05, 3.63) is 54.2 Å². The zero-order chi connectivity index (χ0) is 17.5. The number of rotatable bonds is 6. The van der Waals surface area contributed by atoms with E-state index >= 15 is 0 Å². The lowest BCUT2D eigenvalue weighted by Gasteiger charge is -2.32. The maximum atomic E-state index is 12.3. The molecule has 0 unspecified atom stereocenters. The highest BCUT2D eigenvalue weighted by atomic mass is 32.2. The van der Waals surface area contributed by atoms with E-state index in [1.807, 2.05) is 36.4 Å². The van der Waals surface area contributed by atoms with Crippen LogP contribution in [-0.2, 0) is 15.3 Å². The number of aromatic nitrogens is 1. The Kier molecular flexibility index (Phi) is 6.44. The van der Waals surface area contributed by atoms with Crippen LogP contribution in [0.1, 0.15) is 12.5 Å². The summed E-state index contributed by atoms with van der Waals surface area (Å²) in [5.74, 6) is 0.838. The molecule has 0 saturated carbocycles. The summed E-state index contributed by atoms with van der Waals surface area (Å²) < 4.78 is 5.41. The van der Waals surface area contributed by atoms with Gasteiger partial charge in [-0.05, 0) is 36.8 Å². The van der Waals surface area contributed by atoms with E-state index in [1.54, 1.807) is 18.0 Å². The van der Waals surface area contributed by atoms with E-state index < -0.39 is 0 Å². The molecular formula is C19H23N3O2S. The highest BCUT2D eigenvalue weighted by Gasteiger charge is 2.20. The molecule has 1 amide bonds. The second kappa shape index (κ2) is 8.99. The predicted octanol–water partition coefficient (Wildman–Crippen LogP) is 3.03. The monoisotopic (exact) mass is 357 g/mol. The Morgan fingerprint density at radius 1 is 1.36 bits per heavy atom. The number of carbonyl (C=O) groups excluding carboxylic acids is 1. The SMILES string of the molecule is C[C@H]1COCCN1CC(=O)Nc1cccc(CSc2ccccn2)c1. The summed E-state index contributed by atoms with van der Waals surface area (Å²) in [6.45, 7) is 4.67. The van der Waals surface area contributed by atoms with Crippen LogP contribution in [0.4, 0.5) is 5.69 Å². The molecule has 1 saturated heterocycles. The molecule has 0 bridgehead atoms. The second-order valence-corrected chi connectivity index (χ2v) is 7.10. The summed E-state index contributed by atoms with van der Waals surface area (Å²) >= 11 is 1.68.